The molecule has 68 valence electrons. The molecule has 1 heterocycles. The summed E-state index contributed by atoms with van der Waals surface area (Å²) >= 11 is 0. The van der Waals surface area contributed by atoms with Crippen molar-refractivity contribution in [2.75, 3.05) is 13.7 Å². The highest BCUT2D eigenvalue weighted by atomic mass is 16.5. The molecular formula is C8H13NO3. The molecule has 0 aromatic carbocycles. The average molecular weight is 171 g/mol. The van der Waals surface area contributed by atoms with E-state index in [0.717, 1.165) is 12.7 Å². The number of carbonyl (C=O) groups is 2. The van der Waals surface area contributed by atoms with Gasteiger partial charge in [0.1, 0.15) is 12.3 Å². The Morgan fingerprint density at radius 1 is 1.58 bits per heavy atom. The Bertz CT molecular complexity index is 173. The van der Waals surface area contributed by atoms with Crippen molar-refractivity contribution in [3.63, 3.8) is 0 Å². The van der Waals surface area contributed by atoms with Crippen LogP contribution in [-0.2, 0) is 14.3 Å². The fraction of sp³-hybridized carbons (Fsp3) is 0.750. The number of rotatable bonds is 2. The van der Waals surface area contributed by atoms with Gasteiger partial charge in [0.2, 0.25) is 0 Å². The highest BCUT2D eigenvalue weighted by molar-refractivity contribution is 5.76. The Labute approximate surface area is 71.3 Å². The second-order valence-corrected chi connectivity index (χ2v) is 2.96. The Balaban J connectivity index is 2.35. The summed E-state index contributed by atoms with van der Waals surface area (Å²) in [6.07, 6.45) is 2.40. The number of nitrogens with one attached hydrogen (secondary N) is 1. The first-order valence-corrected chi connectivity index (χ1v) is 4.04. The fourth-order valence-corrected chi connectivity index (χ4v) is 1.34. The van der Waals surface area contributed by atoms with Gasteiger partial charge in [0.25, 0.3) is 0 Å². The molecule has 1 rings (SSSR count). The molecule has 12 heavy (non-hydrogen) atoms. The molecule has 4 heteroatoms. The Morgan fingerprint density at radius 3 is 2.75 bits per heavy atom. The van der Waals surface area contributed by atoms with Gasteiger partial charge in [-0.15, -0.1) is 0 Å². The van der Waals surface area contributed by atoms with Crippen LogP contribution in [0.15, 0.2) is 0 Å². The van der Waals surface area contributed by atoms with Crippen molar-refractivity contribution < 1.29 is 14.3 Å². The van der Waals surface area contributed by atoms with Crippen molar-refractivity contribution >= 4 is 12.3 Å². The largest absolute Gasteiger partial charge is 0.468 e. The number of hydrogen-bond donors (Lipinski definition) is 1. The van der Waals surface area contributed by atoms with Gasteiger partial charge in [-0.2, -0.15) is 0 Å². The monoisotopic (exact) mass is 171 g/mol. The Morgan fingerprint density at radius 2 is 2.33 bits per heavy atom. The van der Waals surface area contributed by atoms with Crippen molar-refractivity contribution in [3.8, 4) is 0 Å². The third-order valence-corrected chi connectivity index (χ3v) is 2.13. The molecule has 0 amide bonds. The minimum atomic E-state index is -0.237. The molecule has 2 unspecified atom stereocenters. The van der Waals surface area contributed by atoms with E-state index in [1.54, 1.807) is 0 Å². The van der Waals surface area contributed by atoms with Crippen LogP contribution in [-0.4, -0.2) is 32.0 Å². The summed E-state index contributed by atoms with van der Waals surface area (Å²) < 4.78 is 4.57. The minimum absolute atomic E-state index is 0.0610. The Hall–Kier alpha value is -0.900. The van der Waals surface area contributed by atoms with Crippen molar-refractivity contribution in [3.05, 3.63) is 0 Å². The highest BCUT2D eigenvalue weighted by Crippen LogP contribution is 2.12. The number of methoxy groups -OCH3 is 1. The molecule has 1 aliphatic heterocycles. The van der Waals surface area contributed by atoms with Gasteiger partial charge < -0.3 is 14.8 Å². The van der Waals surface area contributed by atoms with Gasteiger partial charge in [0.05, 0.1) is 7.11 Å². The van der Waals surface area contributed by atoms with Gasteiger partial charge in [-0.05, 0) is 12.8 Å². The smallest absolute Gasteiger partial charge is 0.322 e. The van der Waals surface area contributed by atoms with Crippen LogP contribution in [0.25, 0.3) is 0 Å². The molecule has 0 bridgehead atoms. The van der Waals surface area contributed by atoms with Gasteiger partial charge in [-0.1, -0.05) is 0 Å². The molecule has 2 atom stereocenters. The third kappa shape index (κ3) is 2.04. The quantitative estimate of drug-likeness (QED) is 0.459. The van der Waals surface area contributed by atoms with E-state index in [0.29, 0.717) is 13.0 Å². The van der Waals surface area contributed by atoms with Gasteiger partial charge in [-0.25, -0.2) is 0 Å². The van der Waals surface area contributed by atoms with Crippen LogP contribution in [0.4, 0.5) is 0 Å². The zero-order valence-corrected chi connectivity index (χ0v) is 7.08. The molecule has 0 radical (unpaired) electrons. The predicted molar refractivity (Wildman–Crippen MR) is 42.6 cm³/mol. The molecular weight excluding hydrogens is 158 g/mol. The van der Waals surface area contributed by atoms with E-state index in [-0.39, 0.29) is 17.9 Å². The summed E-state index contributed by atoms with van der Waals surface area (Å²) in [7, 11) is 1.37. The maximum absolute atomic E-state index is 11.0. The number of ether oxygens (including phenoxy) is 1. The number of hydrogen-bond acceptors (Lipinski definition) is 4. The summed E-state index contributed by atoms with van der Waals surface area (Å²) in [6.45, 7) is 0.587. The lowest BCUT2D eigenvalue weighted by Gasteiger charge is -2.24. The van der Waals surface area contributed by atoms with E-state index in [2.05, 4.69) is 10.1 Å². The van der Waals surface area contributed by atoms with Crippen LogP contribution in [0, 0.1) is 5.92 Å². The highest BCUT2D eigenvalue weighted by Gasteiger charge is 2.25. The van der Waals surface area contributed by atoms with Crippen LogP contribution in [0.1, 0.15) is 12.8 Å². The fourth-order valence-electron chi connectivity index (χ4n) is 1.34. The molecule has 1 saturated heterocycles. The van der Waals surface area contributed by atoms with Crippen molar-refractivity contribution in [2.24, 2.45) is 5.92 Å². The zero-order chi connectivity index (χ0) is 8.97. The van der Waals surface area contributed by atoms with Gasteiger partial charge in [-0.3, -0.25) is 4.79 Å². The molecule has 1 aliphatic rings. The van der Waals surface area contributed by atoms with E-state index in [1.807, 2.05) is 0 Å². The van der Waals surface area contributed by atoms with Crippen LogP contribution < -0.4 is 5.32 Å². The maximum atomic E-state index is 11.0. The summed E-state index contributed by atoms with van der Waals surface area (Å²) in [5.74, 6) is -0.176. The molecule has 0 aromatic rings. The average Bonchev–Trinajstić information content (AvgIpc) is 2.17. The van der Waals surface area contributed by atoms with E-state index < -0.39 is 0 Å². The first-order chi connectivity index (χ1) is 5.77. The standard InChI is InChI=1S/C8H13NO3/c1-12-8(11)7-3-2-6(5-10)4-9-7/h5-7,9H,2-4H2,1H3. The lowest BCUT2D eigenvalue weighted by atomic mass is 9.96. The number of carbonyl (C=O) groups excluding carboxylic acids is 2. The van der Waals surface area contributed by atoms with E-state index in [4.69, 9.17) is 0 Å². The number of piperidine rings is 1. The van der Waals surface area contributed by atoms with Crippen LogP contribution in [0.2, 0.25) is 0 Å². The van der Waals surface area contributed by atoms with Crippen molar-refractivity contribution in [1.29, 1.82) is 0 Å². The molecule has 0 aliphatic carbocycles. The normalized spacial score (nSPS) is 29.4. The van der Waals surface area contributed by atoms with Crippen LogP contribution in [0.5, 0.6) is 0 Å². The van der Waals surface area contributed by atoms with E-state index in [9.17, 15) is 9.59 Å². The van der Waals surface area contributed by atoms with Gasteiger partial charge in [0.15, 0.2) is 0 Å². The summed E-state index contributed by atoms with van der Waals surface area (Å²) in [4.78, 5) is 21.3. The second kappa shape index (κ2) is 4.21. The molecule has 4 nitrogen and oxygen atoms in total. The molecule has 1 N–H and O–H groups in total. The topological polar surface area (TPSA) is 55.4 Å². The van der Waals surface area contributed by atoms with Gasteiger partial charge >= 0.3 is 5.97 Å². The molecule has 0 spiro atoms. The first kappa shape index (κ1) is 9.19. The van der Waals surface area contributed by atoms with E-state index in [1.165, 1.54) is 7.11 Å². The predicted octanol–water partition coefficient (Wildman–Crippen LogP) is -0.274. The third-order valence-electron chi connectivity index (χ3n) is 2.13. The molecule has 0 saturated carbocycles. The Kier molecular flexibility index (Phi) is 3.22. The zero-order valence-electron chi connectivity index (χ0n) is 7.08. The lowest BCUT2D eigenvalue weighted by Crippen LogP contribution is -2.44. The summed E-state index contributed by atoms with van der Waals surface area (Å²) in [6, 6.07) is -0.216. The number of aldehydes is 1. The van der Waals surface area contributed by atoms with E-state index >= 15 is 0 Å². The SMILES string of the molecule is COC(=O)C1CCC(C=O)CN1. The van der Waals surface area contributed by atoms with Gasteiger partial charge in [0, 0.05) is 12.5 Å². The first-order valence-electron chi connectivity index (χ1n) is 4.04. The van der Waals surface area contributed by atoms with Crippen molar-refractivity contribution in [2.45, 2.75) is 18.9 Å². The summed E-state index contributed by atoms with van der Waals surface area (Å²) in [5, 5.41) is 2.96. The number of esters is 1. The maximum Gasteiger partial charge on any atom is 0.322 e. The molecule has 1 fully saturated rings. The lowest BCUT2D eigenvalue weighted by molar-refractivity contribution is -0.144. The van der Waals surface area contributed by atoms with Crippen molar-refractivity contribution in [1.82, 2.24) is 5.32 Å². The minimum Gasteiger partial charge on any atom is -0.468 e. The van der Waals surface area contributed by atoms with Crippen LogP contribution >= 0.6 is 0 Å². The second-order valence-electron chi connectivity index (χ2n) is 2.96. The molecule has 0 aromatic heterocycles. The van der Waals surface area contributed by atoms with Crippen LogP contribution in [0.3, 0.4) is 0 Å². The summed E-state index contributed by atoms with van der Waals surface area (Å²) in [5.41, 5.74) is 0.